The molecule has 0 aliphatic rings. The van der Waals surface area contributed by atoms with Crippen LogP contribution >= 0.6 is 0 Å². The van der Waals surface area contributed by atoms with Gasteiger partial charge in [-0.2, -0.15) is 0 Å². The second-order valence-corrected chi connectivity index (χ2v) is 4.89. The lowest BCUT2D eigenvalue weighted by Gasteiger charge is -2.10. The van der Waals surface area contributed by atoms with Crippen molar-refractivity contribution in [3.63, 3.8) is 0 Å². The average molecular weight is 278 g/mol. The van der Waals surface area contributed by atoms with Crippen molar-refractivity contribution in [2.45, 2.75) is 45.1 Å². The minimum absolute atomic E-state index is 0.0933. The van der Waals surface area contributed by atoms with Gasteiger partial charge < -0.3 is 16.2 Å². The van der Waals surface area contributed by atoms with Crippen molar-refractivity contribution in [2.24, 2.45) is 5.73 Å². The highest BCUT2D eigenvalue weighted by atomic mass is 16.4. The molecule has 0 bridgehead atoms. The zero-order valence-electron chi connectivity index (χ0n) is 11.8. The Hall–Kier alpha value is -1.88. The summed E-state index contributed by atoms with van der Waals surface area (Å²) in [7, 11) is 0. The van der Waals surface area contributed by atoms with Crippen molar-refractivity contribution in [1.29, 1.82) is 0 Å². The van der Waals surface area contributed by atoms with E-state index in [4.69, 9.17) is 10.8 Å². The second kappa shape index (κ2) is 8.32. The van der Waals surface area contributed by atoms with E-state index in [1.165, 1.54) is 0 Å². The third-order valence-corrected chi connectivity index (χ3v) is 2.97. The van der Waals surface area contributed by atoms with Crippen LogP contribution in [0.2, 0.25) is 0 Å². The second-order valence-electron chi connectivity index (χ2n) is 4.89. The lowest BCUT2D eigenvalue weighted by molar-refractivity contribution is -0.137. The van der Waals surface area contributed by atoms with Crippen molar-refractivity contribution in [3.05, 3.63) is 29.8 Å². The standard InChI is InChI=1S/C15H22N2O3/c1-2-3-12(16)10-14(18)17-13-7-4-11(5-8-13)6-9-15(19)20/h4-5,7-8,12H,2-3,6,9-10,16H2,1H3,(H,17,18)(H,19,20). The Bertz CT molecular complexity index is 443. The Labute approximate surface area is 119 Å². The number of nitrogens with two attached hydrogens (primary N) is 1. The number of carboxylic acids is 1. The first-order chi connectivity index (χ1) is 9.51. The van der Waals surface area contributed by atoms with Gasteiger partial charge in [0.2, 0.25) is 5.91 Å². The summed E-state index contributed by atoms with van der Waals surface area (Å²) in [5, 5.41) is 11.4. The number of hydrogen-bond donors (Lipinski definition) is 3. The quantitative estimate of drug-likeness (QED) is 0.679. The van der Waals surface area contributed by atoms with Crippen LogP contribution in [0.25, 0.3) is 0 Å². The Morgan fingerprint density at radius 2 is 1.95 bits per heavy atom. The minimum atomic E-state index is -0.813. The van der Waals surface area contributed by atoms with Gasteiger partial charge in [-0.3, -0.25) is 9.59 Å². The molecule has 110 valence electrons. The molecule has 0 aliphatic heterocycles. The van der Waals surface area contributed by atoms with Gasteiger partial charge in [-0.05, 0) is 30.5 Å². The smallest absolute Gasteiger partial charge is 0.303 e. The molecule has 5 nitrogen and oxygen atoms in total. The summed E-state index contributed by atoms with van der Waals surface area (Å²) in [5.74, 6) is -0.906. The van der Waals surface area contributed by atoms with Gasteiger partial charge in [0, 0.05) is 24.6 Å². The van der Waals surface area contributed by atoms with E-state index in [1.54, 1.807) is 12.1 Å². The molecule has 4 N–H and O–H groups in total. The summed E-state index contributed by atoms with van der Waals surface area (Å²) in [4.78, 5) is 22.2. The first-order valence-corrected chi connectivity index (χ1v) is 6.87. The van der Waals surface area contributed by atoms with E-state index in [0.717, 1.165) is 18.4 Å². The monoisotopic (exact) mass is 278 g/mol. The topological polar surface area (TPSA) is 92.4 Å². The molecule has 1 aromatic rings. The van der Waals surface area contributed by atoms with Crippen LogP contribution in [0.3, 0.4) is 0 Å². The molecule has 1 aromatic carbocycles. The van der Waals surface area contributed by atoms with E-state index in [9.17, 15) is 9.59 Å². The average Bonchev–Trinajstić information content (AvgIpc) is 2.37. The third-order valence-electron chi connectivity index (χ3n) is 2.97. The first kappa shape index (κ1) is 16.2. The van der Waals surface area contributed by atoms with Gasteiger partial charge in [0.05, 0.1) is 0 Å². The SMILES string of the molecule is CCCC(N)CC(=O)Nc1ccc(CCC(=O)O)cc1. The van der Waals surface area contributed by atoms with Crippen LogP contribution in [-0.2, 0) is 16.0 Å². The predicted octanol–water partition coefficient (Wildman–Crippen LogP) is 2.16. The molecule has 1 amide bonds. The number of rotatable bonds is 8. The fourth-order valence-electron chi connectivity index (χ4n) is 1.93. The van der Waals surface area contributed by atoms with Gasteiger partial charge in [0.1, 0.15) is 0 Å². The molecule has 0 aromatic heterocycles. The number of amides is 1. The van der Waals surface area contributed by atoms with E-state index in [1.807, 2.05) is 19.1 Å². The summed E-state index contributed by atoms with van der Waals surface area (Å²) < 4.78 is 0. The number of anilines is 1. The molecular formula is C15H22N2O3. The van der Waals surface area contributed by atoms with Crippen LogP contribution in [-0.4, -0.2) is 23.0 Å². The van der Waals surface area contributed by atoms with Crippen molar-refractivity contribution in [1.82, 2.24) is 0 Å². The largest absolute Gasteiger partial charge is 0.481 e. The number of benzene rings is 1. The highest BCUT2D eigenvalue weighted by Crippen LogP contribution is 2.12. The molecule has 1 unspecified atom stereocenters. The zero-order chi connectivity index (χ0) is 15.0. The Morgan fingerprint density at radius 1 is 1.30 bits per heavy atom. The number of carbonyl (C=O) groups is 2. The summed E-state index contributed by atoms with van der Waals surface area (Å²) in [6.07, 6.45) is 2.71. The van der Waals surface area contributed by atoms with Crippen LogP contribution < -0.4 is 11.1 Å². The van der Waals surface area contributed by atoms with Gasteiger partial charge in [0.15, 0.2) is 0 Å². The molecule has 5 heteroatoms. The van der Waals surface area contributed by atoms with Gasteiger partial charge in [-0.25, -0.2) is 0 Å². The lowest BCUT2D eigenvalue weighted by Crippen LogP contribution is -2.26. The summed E-state index contributed by atoms with van der Waals surface area (Å²) in [5.41, 5.74) is 7.46. The summed E-state index contributed by atoms with van der Waals surface area (Å²) >= 11 is 0. The molecule has 0 saturated carbocycles. The van der Waals surface area contributed by atoms with Crippen molar-refractivity contribution in [2.75, 3.05) is 5.32 Å². The third kappa shape index (κ3) is 6.33. The lowest BCUT2D eigenvalue weighted by atomic mass is 10.1. The van der Waals surface area contributed by atoms with E-state index >= 15 is 0 Å². The van der Waals surface area contributed by atoms with Crippen LogP contribution in [0.5, 0.6) is 0 Å². The maximum absolute atomic E-state index is 11.7. The maximum atomic E-state index is 11.7. The summed E-state index contributed by atoms with van der Waals surface area (Å²) in [6, 6.07) is 7.10. The van der Waals surface area contributed by atoms with Crippen LogP contribution in [0.4, 0.5) is 5.69 Å². The Balaban J connectivity index is 2.44. The van der Waals surface area contributed by atoms with E-state index in [2.05, 4.69) is 5.32 Å². The first-order valence-electron chi connectivity index (χ1n) is 6.87. The molecule has 1 atom stereocenters. The van der Waals surface area contributed by atoms with Gasteiger partial charge >= 0.3 is 5.97 Å². The molecule has 0 fully saturated rings. The zero-order valence-corrected chi connectivity index (χ0v) is 11.8. The van der Waals surface area contributed by atoms with Crippen molar-refractivity contribution in [3.8, 4) is 0 Å². The maximum Gasteiger partial charge on any atom is 0.303 e. The molecular weight excluding hydrogens is 256 g/mol. The van der Waals surface area contributed by atoms with Crippen LogP contribution in [0.1, 0.15) is 38.2 Å². The number of nitrogens with one attached hydrogen (secondary N) is 1. The fourth-order valence-corrected chi connectivity index (χ4v) is 1.93. The summed E-state index contributed by atoms with van der Waals surface area (Å²) in [6.45, 7) is 2.04. The van der Waals surface area contributed by atoms with Gasteiger partial charge in [-0.15, -0.1) is 0 Å². The van der Waals surface area contributed by atoms with Gasteiger partial charge in [-0.1, -0.05) is 25.5 Å². The molecule has 0 radical (unpaired) electrons. The molecule has 0 aliphatic carbocycles. The molecule has 1 rings (SSSR count). The molecule has 0 heterocycles. The van der Waals surface area contributed by atoms with Crippen LogP contribution in [0.15, 0.2) is 24.3 Å². The molecule has 20 heavy (non-hydrogen) atoms. The van der Waals surface area contributed by atoms with Crippen molar-refractivity contribution < 1.29 is 14.7 Å². The predicted molar refractivity (Wildman–Crippen MR) is 78.5 cm³/mol. The van der Waals surface area contributed by atoms with E-state index in [0.29, 0.717) is 18.5 Å². The van der Waals surface area contributed by atoms with Crippen molar-refractivity contribution >= 4 is 17.6 Å². The van der Waals surface area contributed by atoms with E-state index in [-0.39, 0.29) is 18.4 Å². The molecule has 0 saturated heterocycles. The number of carbonyl (C=O) groups excluding carboxylic acids is 1. The molecule has 0 spiro atoms. The Morgan fingerprint density at radius 3 is 2.50 bits per heavy atom. The van der Waals surface area contributed by atoms with E-state index < -0.39 is 5.97 Å². The number of hydrogen-bond acceptors (Lipinski definition) is 3. The number of carboxylic acid groups (broad SMARTS) is 1. The number of aryl methyl sites for hydroxylation is 1. The van der Waals surface area contributed by atoms with Gasteiger partial charge in [0.25, 0.3) is 0 Å². The Kier molecular flexibility index (Phi) is 6.73. The minimum Gasteiger partial charge on any atom is -0.481 e. The van der Waals surface area contributed by atoms with Crippen LogP contribution in [0, 0.1) is 0 Å². The normalized spacial score (nSPS) is 11.9. The number of aliphatic carboxylic acids is 1. The highest BCUT2D eigenvalue weighted by Gasteiger charge is 2.09. The highest BCUT2D eigenvalue weighted by molar-refractivity contribution is 5.91. The fraction of sp³-hybridized carbons (Fsp3) is 0.467.